The highest BCUT2D eigenvalue weighted by Gasteiger charge is 2.23. The van der Waals surface area contributed by atoms with Crippen LogP contribution in [0, 0.1) is 11.8 Å². The summed E-state index contributed by atoms with van der Waals surface area (Å²) in [4.78, 5) is 10.3. The Balaban J connectivity index is 2.07. The van der Waals surface area contributed by atoms with E-state index in [-0.39, 0.29) is 5.28 Å². The molecule has 1 aromatic heterocycles. The summed E-state index contributed by atoms with van der Waals surface area (Å²) < 4.78 is 0. The van der Waals surface area contributed by atoms with E-state index in [1.807, 2.05) is 0 Å². The van der Waals surface area contributed by atoms with Gasteiger partial charge in [0.1, 0.15) is 5.02 Å². The number of hydrogen-bond acceptors (Lipinski definition) is 3. The first kappa shape index (κ1) is 12.9. The fraction of sp³-hybridized carbons (Fsp3) is 0.667. The van der Waals surface area contributed by atoms with Gasteiger partial charge in [-0.15, -0.1) is 0 Å². The van der Waals surface area contributed by atoms with Gasteiger partial charge in [-0.25, -0.2) is 4.98 Å². The first-order valence-electron chi connectivity index (χ1n) is 6.01. The van der Waals surface area contributed by atoms with Gasteiger partial charge in [-0.2, -0.15) is 4.98 Å². The van der Waals surface area contributed by atoms with E-state index in [0.717, 1.165) is 30.7 Å². The Hall–Kier alpha value is -0.540. The molecule has 2 heterocycles. The Morgan fingerprint density at radius 1 is 1.29 bits per heavy atom. The zero-order chi connectivity index (χ0) is 12.4. The maximum absolute atomic E-state index is 6.10. The summed E-state index contributed by atoms with van der Waals surface area (Å²) >= 11 is 11.9. The highest BCUT2D eigenvalue weighted by atomic mass is 35.5. The molecule has 17 heavy (non-hydrogen) atoms. The Kier molecular flexibility index (Phi) is 4.10. The fourth-order valence-electron chi connectivity index (χ4n) is 2.34. The van der Waals surface area contributed by atoms with Crippen molar-refractivity contribution >= 4 is 29.0 Å². The molecule has 0 spiro atoms. The predicted octanol–water partition coefficient (Wildman–Crippen LogP) is 3.66. The molecule has 5 heteroatoms. The number of piperidine rings is 1. The summed E-state index contributed by atoms with van der Waals surface area (Å²) in [6, 6.07) is 0. The van der Waals surface area contributed by atoms with Gasteiger partial charge in [-0.3, -0.25) is 0 Å². The van der Waals surface area contributed by atoms with Crippen LogP contribution in [-0.4, -0.2) is 23.1 Å². The Bertz CT molecular complexity index is 387. The van der Waals surface area contributed by atoms with Crippen molar-refractivity contribution < 1.29 is 0 Å². The molecule has 1 aliphatic rings. The molecule has 1 saturated heterocycles. The van der Waals surface area contributed by atoms with Gasteiger partial charge in [0.05, 0.1) is 6.20 Å². The zero-order valence-electron chi connectivity index (χ0n) is 10.2. The van der Waals surface area contributed by atoms with Crippen LogP contribution in [0.2, 0.25) is 10.3 Å². The summed E-state index contributed by atoms with van der Waals surface area (Å²) in [5, 5.41) is 0.841. The van der Waals surface area contributed by atoms with Crippen LogP contribution < -0.4 is 4.90 Å². The molecule has 0 N–H and O–H groups in total. The molecule has 2 rings (SSSR count). The van der Waals surface area contributed by atoms with Gasteiger partial charge in [-0.05, 0) is 36.3 Å². The molecule has 0 radical (unpaired) electrons. The molecule has 0 aromatic carbocycles. The molecule has 3 nitrogen and oxygen atoms in total. The van der Waals surface area contributed by atoms with E-state index >= 15 is 0 Å². The van der Waals surface area contributed by atoms with Crippen molar-refractivity contribution in [1.82, 2.24) is 9.97 Å². The first-order valence-corrected chi connectivity index (χ1v) is 6.76. The largest absolute Gasteiger partial charge is 0.355 e. The second kappa shape index (κ2) is 5.40. The number of rotatable bonds is 2. The van der Waals surface area contributed by atoms with Gasteiger partial charge in [0.15, 0.2) is 5.82 Å². The lowest BCUT2D eigenvalue weighted by Crippen LogP contribution is -2.36. The van der Waals surface area contributed by atoms with Gasteiger partial charge in [0, 0.05) is 13.1 Å². The maximum Gasteiger partial charge on any atom is 0.224 e. The lowest BCUT2D eigenvalue weighted by Gasteiger charge is -2.34. The van der Waals surface area contributed by atoms with Crippen LogP contribution in [-0.2, 0) is 0 Å². The molecule has 94 valence electrons. The quantitative estimate of drug-likeness (QED) is 0.771. The average Bonchev–Trinajstić information content (AvgIpc) is 2.32. The van der Waals surface area contributed by atoms with Crippen molar-refractivity contribution in [3.8, 4) is 0 Å². The molecular formula is C12H17Cl2N3. The zero-order valence-corrected chi connectivity index (χ0v) is 11.7. The Morgan fingerprint density at radius 2 is 1.94 bits per heavy atom. The van der Waals surface area contributed by atoms with E-state index in [4.69, 9.17) is 23.2 Å². The third-order valence-electron chi connectivity index (χ3n) is 3.48. The molecule has 0 unspecified atom stereocenters. The average molecular weight is 274 g/mol. The summed E-state index contributed by atoms with van der Waals surface area (Å²) in [5.41, 5.74) is 0. The monoisotopic (exact) mass is 273 g/mol. The number of halogens is 2. The lowest BCUT2D eigenvalue weighted by atomic mass is 9.87. The molecule has 0 aliphatic carbocycles. The van der Waals surface area contributed by atoms with Crippen LogP contribution in [0.5, 0.6) is 0 Å². The lowest BCUT2D eigenvalue weighted by molar-refractivity contribution is 0.310. The smallest absolute Gasteiger partial charge is 0.224 e. The second-order valence-electron chi connectivity index (χ2n) is 4.88. The van der Waals surface area contributed by atoms with Crippen molar-refractivity contribution in [2.45, 2.75) is 26.7 Å². The van der Waals surface area contributed by atoms with E-state index in [1.54, 1.807) is 6.20 Å². The summed E-state index contributed by atoms with van der Waals surface area (Å²) in [6.45, 7) is 6.57. The SMILES string of the molecule is CC(C)C1CCN(c2nc(Cl)ncc2Cl)CC1. The molecule has 0 amide bonds. The van der Waals surface area contributed by atoms with Crippen LogP contribution in [0.15, 0.2) is 6.20 Å². The van der Waals surface area contributed by atoms with Gasteiger partial charge < -0.3 is 4.90 Å². The minimum Gasteiger partial charge on any atom is -0.355 e. The summed E-state index contributed by atoms with van der Waals surface area (Å²) in [5.74, 6) is 2.33. The van der Waals surface area contributed by atoms with Crippen LogP contribution in [0.25, 0.3) is 0 Å². The van der Waals surface area contributed by atoms with Crippen LogP contribution in [0.3, 0.4) is 0 Å². The second-order valence-corrected chi connectivity index (χ2v) is 5.62. The first-order chi connectivity index (χ1) is 8.08. The van der Waals surface area contributed by atoms with Gasteiger partial charge >= 0.3 is 0 Å². The highest BCUT2D eigenvalue weighted by molar-refractivity contribution is 6.33. The van der Waals surface area contributed by atoms with Crippen molar-refractivity contribution in [3.63, 3.8) is 0 Å². The van der Waals surface area contributed by atoms with Gasteiger partial charge in [0.25, 0.3) is 0 Å². The fourth-order valence-corrected chi connectivity index (χ4v) is 2.68. The number of nitrogens with zero attached hydrogens (tertiary/aromatic N) is 3. The van der Waals surface area contributed by atoms with Crippen molar-refractivity contribution in [2.24, 2.45) is 11.8 Å². The molecule has 0 saturated carbocycles. The highest BCUT2D eigenvalue weighted by Crippen LogP contribution is 2.30. The van der Waals surface area contributed by atoms with E-state index in [9.17, 15) is 0 Å². The third-order valence-corrected chi connectivity index (χ3v) is 3.93. The normalized spacial score (nSPS) is 17.8. The maximum atomic E-state index is 6.10. The molecule has 1 fully saturated rings. The molecule has 0 atom stereocenters. The van der Waals surface area contributed by atoms with Crippen LogP contribution >= 0.6 is 23.2 Å². The minimum absolute atomic E-state index is 0.260. The van der Waals surface area contributed by atoms with Crippen molar-refractivity contribution in [3.05, 3.63) is 16.5 Å². The number of aromatic nitrogens is 2. The van der Waals surface area contributed by atoms with Crippen LogP contribution in [0.1, 0.15) is 26.7 Å². The number of anilines is 1. The molecular weight excluding hydrogens is 257 g/mol. The van der Waals surface area contributed by atoms with E-state index in [0.29, 0.717) is 5.02 Å². The standard InChI is InChI=1S/C12H17Cl2N3/c1-8(2)9-3-5-17(6-4-9)11-10(13)7-15-12(14)16-11/h7-9H,3-6H2,1-2H3. The topological polar surface area (TPSA) is 29.0 Å². The summed E-state index contributed by atoms with van der Waals surface area (Å²) in [7, 11) is 0. The van der Waals surface area contributed by atoms with E-state index in [1.165, 1.54) is 12.8 Å². The van der Waals surface area contributed by atoms with E-state index in [2.05, 4.69) is 28.7 Å². The predicted molar refractivity (Wildman–Crippen MR) is 71.8 cm³/mol. The van der Waals surface area contributed by atoms with Crippen LogP contribution in [0.4, 0.5) is 5.82 Å². The molecule has 0 bridgehead atoms. The Morgan fingerprint density at radius 3 is 2.53 bits per heavy atom. The summed E-state index contributed by atoms with van der Waals surface area (Å²) in [6.07, 6.45) is 3.95. The molecule has 1 aliphatic heterocycles. The number of hydrogen-bond donors (Lipinski definition) is 0. The van der Waals surface area contributed by atoms with E-state index < -0.39 is 0 Å². The van der Waals surface area contributed by atoms with Crippen molar-refractivity contribution in [1.29, 1.82) is 0 Å². The van der Waals surface area contributed by atoms with Gasteiger partial charge in [0.2, 0.25) is 5.28 Å². The molecule has 1 aromatic rings. The minimum atomic E-state index is 0.260. The third kappa shape index (κ3) is 3.02. The van der Waals surface area contributed by atoms with Gasteiger partial charge in [-0.1, -0.05) is 25.4 Å². The van der Waals surface area contributed by atoms with Crippen molar-refractivity contribution in [2.75, 3.05) is 18.0 Å². The Labute approximate surface area is 112 Å².